The standard InChI is InChI=1S/C36H24/c1-7-13-25-19-31-32(20-26(25)14-8-2)34-22-28(16-10-4)30(18-12-6)24-36(34)35-23-29(17-11-5)27(15-9-3)21-33(31)35/h19-24H,1-6H3. The Bertz CT molecular complexity index is 1550. The molecule has 0 aliphatic heterocycles. The monoisotopic (exact) mass is 456 g/mol. The summed E-state index contributed by atoms with van der Waals surface area (Å²) in [7, 11) is 0. The number of hydrogen-bond acceptors (Lipinski definition) is 0. The number of fused-ring (bicyclic) bond motifs is 6. The second-order valence-corrected chi connectivity index (χ2v) is 8.08. The Morgan fingerprint density at radius 1 is 0.278 bits per heavy atom. The second-order valence-electron chi connectivity index (χ2n) is 8.08. The van der Waals surface area contributed by atoms with E-state index in [4.69, 9.17) is 0 Å². The van der Waals surface area contributed by atoms with E-state index in [0.717, 1.165) is 65.7 Å². The van der Waals surface area contributed by atoms with Gasteiger partial charge in [0.2, 0.25) is 0 Å². The molecule has 0 aliphatic carbocycles. The average molecular weight is 457 g/mol. The van der Waals surface area contributed by atoms with Crippen molar-refractivity contribution in [3.8, 4) is 71.0 Å². The van der Waals surface area contributed by atoms with E-state index in [1.54, 1.807) is 0 Å². The fourth-order valence-corrected chi connectivity index (χ4v) is 4.56. The zero-order valence-corrected chi connectivity index (χ0v) is 21.5. The van der Waals surface area contributed by atoms with Gasteiger partial charge in [-0.15, -0.1) is 35.5 Å². The Kier molecular flexibility index (Phi) is 7.06. The van der Waals surface area contributed by atoms with Gasteiger partial charge < -0.3 is 0 Å². The maximum atomic E-state index is 3.25. The molecular weight excluding hydrogens is 432 g/mol. The van der Waals surface area contributed by atoms with Crippen molar-refractivity contribution in [2.75, 3.05) is 0 Å². The van der Waals surface area contributed by atoms with Gasteiger partial charge in [0.05, 0.1) is 0 Å². The lowest BCUT2D eigenvalue weighted by Crippen LogP contribution is -1.94. The zero-order chi connectivity index (χ0) is 25.7. The van der Waals surface area contributed by atoms with E-state index < -0.39 is 0 Å². The van der Waals surface area contributed by atoms with E-state index in [1.807, 2.05) is 41.5 Å². The van der Waals surface area contributed by atoms with Crippen LogP contribution in [0.2, 0.25) is 0 Å². The summed E-state index contributed by atoms with van der Waals surface area (Å²) in [5.41, 5.74) is 5.51. The summed E-state index contributed by atoms with van der Waals surface area (Å²) in [6, 6.07) is 13.0. The molecule has 0 aliphatic rings. The lowest BCUT2D eigenvalue weighted by molar-refractivity contribution is 1.61. The van der Waals surface area contributed by atoms with E-state index in [0.29, 0.717) is 0 Å². The summed E-state index contributed by atoms with van der Waals surface area (Å²) in [5.74, 6) is 37.8. The third kappa shape index (κ3) is 4.27. The van der Waals surface area contributed by atoms with Crippen LogP contribution in [0.5, 0.6) is 0 Å². The van der Waals surface area contributed by atoms with E-state index in [-0.39, 0.29) is 0 Å². The van der Waals surface area contributed by atoms with Gasteiger partial charge >= 0.3 is 0 Å². The summed E-state index contributed by atoms with van der Waals surface area (Å²) in [5, 5.41) is 6.65. The molecule has 36 heavy (non-hydrogen) atoms. The predicted molar refractivity (Wildman–Crippen MR) is 154 cm³/mol. The van der Waals surface area contributed by atoms with Crippen LogP contribution < -0.4 is 0 Å². The minimum atomic E-state index is 0.919. The van der Waals surface area contributed by atoms with Crippen molar-refractivity contribution < 1.29 is 0 Å². The lowest BCUT2D eigenvalue weighted by atomic mass is 9.87. The van der Waals surface area contributed by atoms with Gasteiger partial charge in [-0.3, -0.25) is 0 Å². The molecule has 0 radical (unpaired) electrons. The highest BCUT2D eigenvalue weighted by Crippen LogP contribution is 2.39. The highest BCUT2D eigenvalue weighted by molar-refractivity contribution is 6.26. The Balaban J connectivity index is 2.39. The summed E-state index contributed by atoms with van der Waals surface area (Å²) in [4.78, 5) is 0. The molecular formula is C36H24. The normalized spacial score (nSPS) is 9.17. The van der Waals surface area contributed by atoms with Gasteiger partial charge in [-0.25, -0.2) is 0 Å². The van der Waals surface area contributed by atoms with Crippen molar-refractivity contribution >= 4 is 32.3 Å². The molecule has 4 aromatic carbocycles. The number of rotatable bonds is 0. The lowest BCUT2D eigenvalue weighted by Gasteiger charge is -2.15. The van der Waals surface area contributed by atoms with Crippen LogP contribution in [0.1, 0.15) is 74.9 Å². The molecule has 0 spiro atoms. The van der Waals surface area contributed by atoms with Crippen molar-refractivity contribution in [2.24, 2.45) is 0 Å². The van der Waals surface area contributed by atoms with E-state index in [1.165, 1.54) is 0 Å². The van der Waals surface area contributed by atoms with Crippen LogP contribution in [0.15, 0.2) is 36.4 Å². The second kappa shape index (κ2) is 10.5. The Morgan fingerprint density at radius 2 is 0.417 bits per heavy atom. The molecule has 0 fully saturated rings. The van der Waals surface area contributed by atoms with E-state index in [9.17, 15) is 0 Å². The molecule has 0 saturated heterocycles. The van der Waals surface area contributed by atoms with Crippen molar-refractivity contribution in [2.45, 2.75) is 41.5 Å². The molecule has 0 bridgehead atoms. The molecule has 0 nitrogen and oxygen atoms in total. The highest BCUT2D eigenvalue weighted by atomic mass is 14.2. The van der Waals surface area contributed by atoms with Crippen molar-refractivity contribution in [1.29, 1.82) is 0 Å². The summed E-state index contributed by atoms with van der Waals surface area (Å²) in [6.07, 6.45) is 0. The molecule has 4 rings (SSSR count). The molecule has 168 valence electrons. The average Bonchev–Trinajstić information content (AvgIpc) is 2.87. The van der Waals surface area contributed by atoms with Gasteiger partial charge in [-0.2, -0.15) is 0 Å². The van der Waals surface area contributed by atoms with Crippen molar-refractivity contribution in [1.82, 2.24) is 0 Å². The van der Waals surface area contributed by atoms with Gasteiger partial charge in [0.1, 0.15) is 0 Å². The summed E-state index contributed by atoms with van der Waals surface area (Å²) < 4.78 is 0. The predicted octanol–water partition coefficient (Wildman–Crippen LogP) is 7.37. The van der Waals surface area contributed by atoms with Gasteiger partial charge in [-0.05, 0) is 110 Å². The molecule has 0 aromatic heterocycles. The van der Waals surface area contributed by atoms with Crippen molar-refractivity contribution in [3.63, 3.8) is 0 Å². The zero-order valence-electron chi connectivity index (χ0n) is 21.5. The largest absolute Gasteiger partial charge is 0.101 e. The van der Waals surface area contributed by atoms with Crippen LogP contribution in [0.4, 0.5) is 0 Å². The first-order valence-electron chi connectivity index (χ1n) is 11.7. The van der Waals surface area contributed by atoms with Crippen LogP contribution >= 0.6 is 0 Å². The van der Waals surface area contributed by atoms with E-state index >= 15 is 0 Å². The van der Waals surface area contributed by atoms with Crippen LogP contribution in [-0.4, -0.2) is 0 Å². The third-order valence-electron chi connectivity index (χ3n) is 5.90. The molecule has 0 saturated carbocycles. The smallest absolute Gasteiger partial charge is 0.0408 e. The number of hydrogen-bond donors (Lipinski definition) is 0. The Hall–Kier alpha value is -4.98. The topological polar surface area (TPSA) is 0 Å². The molecule has 4 aromatic rings. The minimum absolute atomic E-state index is 0.919. The van der Waals surface area contributed by atoms with Crippen LogP contribution in [-0.2, 0) is 0 Å². The maximum absolute atomic E-state index is 3.25. The summed E-state index contributed by atoms with van der Waals surface area (Å²) in [6.45, 7) is 11.1. The highest BCUT2D eigenvalue weighted by Gasteiger charge is 2.15. The van der Waals surface area contributed by atoms with Gasteiger partial charge in [0, 0.05) is 33.4 Å². The quantitative estimate of drug-likeness (QED) is 0.191. The summed E-state index contributed by atoms with van der Waals surface area (Å²) >= 11 is 0. The SMILES string of the molecule is CC#Cc1cc2c3cc(C#CC)c(C#CC)cc3c3cc(C#CC)c(C#CC)cc3c2cc1C#CC. The number of benzene rings is 4. The Morgan fingerprint density at radius 3 is 0.528 bits per heavy atom. The van der Waals surface area contributed by atoms with Gasteiger partial charge in [0.15, 0.2) is 0 Å². The maximum Gasteiger partial charge on any atom is 0.0408 e. The third-order valence-corrected chi connectivity index (χ3v) is 5.90. The molecule has 0 amide bonds. The molecule has 0 N–H and O–H groups in total. The molecule has 0 atom stereocenters. The van der Waals surface area contributed by atoms with Crippen LogP contribution in [0.3, 0.4) is 0 Å². The molecule has 0 heteroatoms. The first-order valence-corrected chi connectivity index (χ1v) is 11.7. The van der Waals surface area contributed by atoms with Crippen molar-refractivity contribution in [3.05, 3.63) is 69.8 Å². The van der Waals surface area contributed by atoms with Crippen LogP contribution in [0.25, 0.3) is 32.3 Å². The fourth-order valence-electron chi connectivity index (χ4n) is 4.56. The molecule has 0 unspecified atom stereocenters. The first kappa shape index (κ1) is 24.2. The fraction of sp³-hybridized carbons (Fsp3) is 0.167. The van der Waals surface area contributed by atoms with Gasteiger partial charge in [-0.1, -0.05) is 35.5 Å². The van der Waals surface area contributed by atoms with Gasteiger partial charge in [0.25, 0.3) is 0 Å². The van der Waals surface area contributed by atoms with Crippen LogP contribution in [0, 0.1) is 71.0 Å². The van der Waals surface area contributed by atoms with E-state index in [2.05, 4.69) is 107 Å². The minimum Gasteiger partial charge on any atom is -0.101 e. The first-order chi connectivity index (χ1) is 17.6. The Labute approximate surface area is 214 Å². The molecule has 0 heterocycles.